The van der Waals surface area contributed by atoms with Gasteiger partial charge in [0.1, 0.15) is 6.61 Å². The lowest BCUT2D eigenvalue weighted by atomic mass is 10.1. The number of nitrogens with zero attached hydrogens (tertiary/aromatic N) is 1. The molecule has 0 spiro atoms. The van der Waals surface area contributed by atoms with Crippen LogP contribution in [-0.2, 0) is 19.6 Å². The predicted molar refractivity (Wildman–Crippen MR) is 99.6 cm³/mol. The summed E-state index contributed by atoms with van der Waals surface area (Å²) in [6.07, 6.45) is -0.410. The zero-order valence-corrected chi connectivity index (χ0v) is 15.6. The Labute approximate surface area is 153 Å². The SMILES string of the molecule is Cc1cc(C)cc(N2CC(CNS(=O)(=O)c3ccccc3)OCC2=O)c1. The minimum Gasteiger partial charge on any atom is -0.365 e. The van der Waals surface area contributed by atoms with Gasteiger partial charge >= 0.3 is 0 Å². The van der Waals surface area contributed by atoms with E-state index in [4.69, 9.17) is 4.74 Å². The van der Waals surface area contributed by atoms with Crippen molar-refractivity contribution in [3.8, 4) is 0 Å². The van der Waals surface area contributed by atoms with E-state index < -0.39 is 16.1 Å². The monoisotopic (exact) mass is 374 g/mol. The molecular formula is C19H22N2O4S. The van der Waals surface area contributed by atoms with Crippen molar-refractivity contribution < 1.29 is 17.9 Å². The Morgan fingerprint density at radius 3 is 2.42 bits per heavy atom. The number of amides is 1. The number of hydrogen-bond acceptors (Lipinski definition) is 4. The fourth-order valence-electron chi connectivity index (χ4n) is 2.99. The minimum atomic E-state index is -3.60. The second-order valence-corrected chi connectivity index (χ2v) is 8.22. The molecule has 2 aromatic rings. The molecule has 138 valence electrons. The van der Waals surface area contributed by atoms with Gasteiger partial charge in [0.05, 0.1) is 17.5 Å². The summed E-state index contributed by atoms with van der Waals surface area (Å²) >= 11 is 0. The van der Waals surface area contributed by atoms with Gasteiger partial charge in [-0.25, -0.2) is 13.1 Å². The minimum absolute atomic E-state index is 0.0648. The quantitative estimate of drug-likeness (QED) is 0.869. The maximum absolute atomic E-state index is 12.3. The van der Waals surface area contributed by atoms with E-state index in [0.717, 1.165) is 16.8 Å². The van der Waals surface area contributed by atoms with Gasteiger partial charge in [0.25, 0.3) is 5.91 Å². The highest BCUT2D eigenvalue weighted by molar-refractivity contribution is 7.89. The highest BCUT2D eigenvalue weighted by atomic mass is 32.2. The zero-order chi connectivity index (χ0) is 18.7. The third-order valence-corrected chi connectivity index (χ3v) is 5.64. The summed E-state index contributed by atoms with van der Waals surface area (Å²) in [5.41, 5.74) is 2.95. The fourth-order valence-corrected chi connectivity index (χ4v) is 4.08. The van der Waals surface area contributed by atoms with Gasteiger partial charge < -0.3 is 9.64 Å². The van der Waals surface area contributed by atoms with Crippen LogP contribution in [-0.4, -0.2) is 40.1 Å². The summed E-state index contributed by atoms with van der Waals surface area (Å²) in [6.45, 7) is 4.30. The van der Waals surface area contributed by atoms with Gasteiger partial charge in [-0.15, -0.1) is 0 Å². The first-order valence-electron chi connectivity index (χ1n) is 8.40. The number of benzene rings is 2. The Morgan fingerprint density at radius 1 is 1.12 bits per heavy atom. The highest BCUT2D eigenvalue weighted by Gasteiger charge is 2.28. The topological polar surface area (TPSA) is 75.7 Å². The smallest absolute Gasteiger partial charge is 0.253 e. The molecule has 1 saturated heterocycles. The van der Waals surface area contributed by atoms with Crippen molar-refractivity contribution in [3.05, 3.63) is 59.7 Å². The van der Waals surface area contributed by atoms with Crippen molar-refractivity contribution in [2.75, 3.05) is 24.6 Å². The maximum atomic E-state index is 12.3. The molecule has 0 aliphatic carbocycles. The van der Waals surface area contributed by atoms with Crippen LogP contribution in [0.5, 0.6) is 0 Å². The highest BCUT2D eigenvalue weighted by Crippen LogP contribution is 2.22. The predicted octanol–water partition coefficient (Wildman–Crippen LogP) is 2.01. The van der Waals surface area contributed by atoms with Gasteiger partial charge in [0, 0.05) is 12.2 Å². The lowest BCUT2D eigenvalue weighted by Gasteiger charge is -2.33. The first-order chi connectivity index (χ1) is 12.3. The summed E-state index contributed by atoms with van der Waals surface area (Å²) in [5.74, 6) is -0.128. The van der Waals surface area contributed by atoms with Gasteiger partial charge in [-0.05, 0) is 49.2 Å². The van der Waals surface area contributed by atoms with Crippen LogP contribution in [0.3, 0.4) is 0 Å². The van der Waals surface area contributed by atoms with Crippen molar-refractivity contribution >= 4 is 21.6 Å². The van der Waals surface area contributed by atoms with Crippen LogP contribution in [0.15, 0.2) is 53.4 Å². The molecule has 1 atom stereocenters. The number of sulfonamides is 1. The Morgan fingerprint density at radius 2 is 1.77 bits per heavy atom. The fraction of sp³-hybridized carbons (Fsp3) is 0.316. The number of ether oxygens (including phenoxy) is 1. The summed E-state index contributed by atoms with van der Waals surface area (Å²) in [5, 5.41) is 0. The van der Waals surface area contributed by atoms with E-state index in [2.05, 4.69) is 4.72 Å². The second kappa shape index (κ2) is 7.57. The Kier molecular flexibility index (Phi) is 5.41. The van der Waals surface area contributed by atoms with Crippen molar-refractivity contribution in [3.63, 3.8) is 0 Å². The number of aryl methyl sites for hydroxylation is 2. The second-order valence-electron chi connectivity index (χ2n) is 6.45. The molecule has 7 heteroatoms. The molecule has 26 heavy (non-hydrogen) atoms. The number of hydrogen-bond donors (Lipinski definition) is 1. The number of morpholine rings is 1. The Hall–Kier alpha value is -2.22. The zero-order valence-electron chi connectivity index (χ0n) is 14.8. The number of carbonyl (C=O) groups is 1. The lowest BCUT2D eigenvalue weighted by Crippen LogP contribution is -2.50. The average molecular weight is 374 g/mol. The molecule has 3 rings (SSSR count). The molecule has 1 fully saturated rings. The molecule has 6 nitrogen and oxygen atoms in total. The maximum Gasteiger partial charge on any atom is 0.253 e. The van der Waals surface area contributed by atoms with Gasteiger partial charge in [-0.2, -0.15) is 0 Å². The van der Waals surface area contributed by atoms with Crippen molar-refractivity contribution in [1.29, 1.82) is 0 Å². The van der Waals surface area contributed by atoms with Crippen LogP contribution in [0.2, 0.25) is 0 Å². The van der Waals surface area contributed by atoms with Crippen LogP contribution in [0, 0.1) is 13.8 Å². The normalized spacial score (nSPS) is 18.2. The molecule has 0 bridgehead atoms. The first kappa shape index (κ1) is 18.6. The van der Waals surface area contributed by atoms with Gasteiger partial charge in [0.2, 0.25) is 10.0 Å². The number of carbonyl (C=O) groups excluding carboxylic acids is 1. The van der Waals surface area contributed by atoms with E-state index in [9.17, 15) is 13.2 Å². The first-order valence-corrected chi connectivity index (χ1v) is 9.88. The Balaban J connectivity index is 1.69. The molecule has 0 aromatic heterocycles. The van der Waals surface area contributed by atoms with Gasteiger partial charge in [0.15, 0.2) is 0 Å². The molecule has 0 saturated carbocycles. The number of rotatable bonds is 5. The van der Waals surface area contributed by atoms with Crippen LogP contribution in [0.1, 0.15) is 11.1 Å². The van der Waals surface area contributed by atoms with Gasteiger partial charge in [-0.3, -0.25) is 4.79 Å². The van der Waals surface area contributed by atoms with E-state index in [0.29, 0.717) is 6.54 Å². The molecule has 1 amide bonds. The van der Waals surface area contributed by atoms with E-state index in [1.165, 1.54) is 12.1 Å². The Bertz CT molecular complexity index is 877. The number of nitrogens with one attached hydrogen (secondary N) is 1. The summed E-state index contributed by atoms with van der Waals surface area (Å²) in [7, 11) is -3.60. The average Bonchev–Trinajstić information content (AvgIpc) is 2.61. The van der Waals surface area contributed by atoms with Crippen molar-refractivity contribution in [2.24, 2.45) is 0 Å². The van der Waals surface area contributed by atoms with Crippen LogP contribution >= 0.6 is 0 Å². The molecule has 1 unspecified atom stereocenters. The van der Waals surface area contributed by atoms with Crippen LogP contribution in [0.4, 0.5) is 5.69 Å². The van der Waals surface area contributed by atoms with Crippen LogP contribution < -0.4 is 9.62 Å². The lowest BCUT2D eigenvalue weighted by molar-refractivity contribution is -0.129. The molecule has 1 aliphatic rings. The molecule has 0 radical (unpaired) electrons. The van der Waals surface area contributed by atoms with E-state index in [1.807, 2.05) is 32.0 Å². The summed E-state index contributed by atoms with van der Waals surface area (Å²) in [4.78, 5) is 14.1. The summed E-state index contributed by atoms with van der Waals surface area (Å²) < 4.78 is 32.7. The van der Waals surface area contributed by atoms with Crippen LogP contribution in [0.25, 0.3) is 0 Å². The largest absolute Gasteiger partial charge is 0.365 e. The van der Waals surface area contributed by atoms with E-state index in [-0.39, 0.29) is 24.0 Å². The van der Waals surface area contributed by atoms with Crippen molar-refractivity contribution in [1.82, 2.24) is 4.72 Å². The van der Waals surface area contributed by atoms with E-state index >= 15 is 0 Å². The van der Waals surface area contributed by atoms with Gasteiger partial charge in [-0.1, -0.05) is 24.3 Å². The molecule has 1 heterocycles. The molecule has 2 aromatic carbocycles. The van der Waals surface area contributed by atoms with E-state index in [1.54, 1.807) is 23.1 Å². The molecule has 1 N–H and O–H groups in total. The number of anilines is 1. The molecular weight excluding hydrogens is 352 g/mol. The standard InChI is InChI=1S/C19H22N2O4S/c1-14-8-15(2)10-16(9-14)21-12-17(25-13-19(21)22)11-20-26(23,24)18-6-4-3-5-7-18/h3-10,17,20H,11-13H2,1-2H3. The van der Waals surface area contributed by atoms with Crippen molar-refractivity contribution in [2.45, 2.75) is 24.8 Å². The third kappa shape index (κ3) is 4.30. The summed E-state index contributed by atoms with van der Waals surface area (Å²) in [6, 6.07) is 14.1. The molecule has 1 aliphatic heterocycles. The third-order valence-electron chi connectivity index (χ3n) is 4.20.